The highest BCUT2D eigenvalue weighted by Crippen LogP contribution is 2.32. The normalized spacial score (nSPS) is 16.2. The van der Waals surface area contributed by atoms with E-state index in [2.05, 4.69) is 81.0 Å². The quantitative estimate of drug-likeness (QED) is 0.406. The lowest BCUT2D eigenvalue weighted by atomic mass is 10.1. The molecule has 6 heteroatoms. The van der Waals surface area contributed by atoms with Crippen LogP contribution in [0.25, 0.3) is 32.8 Å². The lowest BCUT2D eigenvalue weighted by molar-refractivity contribution is -0.674. The van der Waals surface area contributed by atoms with E-state index in [0.29, 0.717) is 5.96 Å². The first-order valence-corrected chi connectivity index (χ1v) is 9.88. The molecule has 0 saturated carbocycles. The first-order valence-electron chi connectivity index (χ1n) is 9.88. The first kappa shape index (κ1) is 16.2. The summed E-state index contributed by atoms with van der Waals surface area (Å²) in [6.45, 7) is 3.12. The van der Waals surface area contributed by atoms with Crippen LogP contribution in [0.3, 0.4) is 0 Å². The molecule has 1 aliphatic heterocycles. The van der Waals surface area contributed by atoms with Crippen molar-refractivity contribution in [1.82, 2.24) is 9.55 Å². The van der Waals surface area contributed by atoms with Gasteiger partial charge in [-0.15, -0.1) is 0 Å². The summed E-state index contributed by atoms with van der Waals surface area (Å²) in [6.07, 6.45) is -0.226. The van der Waals surface area contributed by atoms with Gasteiger partial charge in [-0.1, -0.05) is 36.4 Å². The van der Waals surface area contributed by atoms with Crippen LogP contribution in [0.4, 0.5) is 5.95 Å². The van der Waals surface area contributed by atoms with Crippen LogP contribution in [0.15, 0.2) is 71.7 Å². The molecular weight excluding hydrogens is 360 g/mol. The smallest absolute Gasteiger partial charge is 0.357 e. The fourth-order valence-electron chi connectivity index (χ4n) is 4.58. The summed E-state index contributed by atoms with van der Waals surface area (Å²) < 4.78 is 4.53. The Kier molecular flexibility index (Phi) is 3.26. The van der Waals surface area contributed by atoms with Gasteiger partial charge in [-0.3, -0.25) is 0 Å². The molecule has 6 nitrogen and oxygen atoms in total. The minimum atomic E-state index is -0.226. The summed E-state index contributed by atoms with van der Waals surface area (Å²) in [4.78, 5) is 8.16. The van der Waals surface area contributed by atoms with Crippen LogP contribution in [0.1, 0.15) is 18.7 Å². The van der Waals surface area contributed by atoms with Crippen LogP contribution in [0.5, 0.6) is 0 Å². The molecule has 2 aromatic heterocycles. The lowest BCUT2D eigenvalue weighted by Crippen LogP contribution is -2.48. The Labute approximate surface area is 167 Å². The highest BCUT2D eigenvalue weighted by Gasteiger charge is 2.31. The molecule has 142 valence electrons. The molecule has 0 saturated heterocycles. The van der Waals surface area contributed by atoms with E-state index in [0.717, 1.165) is 29.1 Å². The summed E-state index contributed by atoms with van der Waals surface area (Å²) in [5, 5.41) is 5.67. The molecule has 0 fully saturated rings. The molecular formula is C23H21N6+. The largest absolute Gasteiger partial charge is 0.365 e. The highest BCUT2D eigenvalue weighted by molar-refractivity contribution is 6.08. The third-order valence-electron chi connectivity index (χ3n) is 5.82. The summed E-state index contributed by atoms with van der Waals surface area (Å²) in [6, 6.07) is 23.4. The molecule has 0 bridgehead atoms. The number of hydrogen-bond donors (Lipinski definition) is 3. The number of fused-ring (bicyclic) bond motifs is 6. The van der Waals surface area contributed by atoms with Crippen molar-refractivity contribution in [2.45, 2.75) is 19.6 Å². The Morgan fingerprint density at radius 1 is 1.00 bits per heavy atom. The molecule has 0 aliphatic carbocycles. The fraction of sp³-hybridized carbons (Fsp3) is 0.130. The van der Waals surface area contributed by atoms with Gasteiger partial charge in [0.1, 0.15) is 11.0 Å². The van der Waals surface area contributed by atoms with Gasteiger partial charge in [-0.2, -0.15) is 4.99 Å². The van der Waals surface area contributed by atoms with Gasteiger partial charge in [0.15, 0.2) is 0 Å². The summed E-state index contributed by atoms with van der Waals surface area (Å²) in [5.41, 5.74) is 11.9. The topological polar surface area (TPSA) is 75.0 Å². The first-order chi connectivity index (χ1) is 14.2. The average molecular weight is 381 g/mol. The average Bonchev–Trinajstić information content (AvgIpc) is 3.27. The molecule has 3 aromatic carbocycles. The maximum atomic E-state index is 6.13. The molecule has 3 heterocycles. The minimum Gasteiger partial charge on any atom is -0.357 e. The number of aromatic amines is 1. The summed E-state index contributed by atoms with van der Waals surface area (Å²) >= 11 is 0. The zero-order valence-corrected chi connectivity index (χ0v) is 16.1. The van der Waals surface area contributed by atoms with Crippen LogP contribution in [-0.2, 0) is 6.54 Å². The Bertz CT molecular complexity index is 1440. The fourth-order valence-corrected chi connectivity index (χ4v) is 4.58. The summed E-state index contributed by atoms with van der Waals surface area (Å²) in [7, 11) is 0. The zero-order chi connectivity index (χ0) is 19.5. The predicted octanol–water partition coefficient (Wildman–Crippen LogP) is 3.87. The Morgan fingerprint density at radius 2 is 1.79 bits per heavy atom. The van der Waals surface area contributed by atoms with Crippen LogP contribution < -0.4 is 15.6 Å². The molecule has 0 radical (unpaired) electrons. The van der Waals surface area contributed by atoms with E-state index in [1.165, 1.54) is 21.8 Å². The zero-order valence-electron chi connectivity index (χ0n) is 16.1. The number of guanidine groups is 1. The van der Waals surface area contributed by atoms with Gasteiger partial charge in [-0.25, -0.2) is 14.9 Å². The van der Waals surface area contributed by atoms with Crippen molar-refractivity contribution in [1.29, 1.82) is 0 Å². The van der Waals surface area contributed by atoms with Crippen molar-refractivity contribution < 1.29 is 4.57 Å². The molecule has 0 spiro atoms. The number of para-hydroxylation sites is 3. The molecule has 0 amide bonds. The number of H-pyrrole nitrogens is 1. The van der Waals surface area contributed by atoms with Crippen molar-refractivity contribution in [3.05, 3.63) is 72.3 Å². The number of benzene rings is 3. The number of aryl methyl sites for hydroxylation is 1. The molecule has 1 atom stereocenters. The van der Waals surface area contributed by atoms with Crippen molar-refractivity contribution in [3.8, 4) is 0 Å². The van der Waals surface area contributed by atoms with Gasteiger partial charge in [-0.05, 0) is 37.3 Å². The predicted molar refractivity (Wildman–Crippen MR) is 117 cm³/mol. The van der Waals surface area contributed by atoms with E-state index in [-0.39, 0.29) is 6.17 Å². The van der Waals surface area contributed by atoms with E-state index in [1.54, 1.807) is 0 Å². The van der Waals surface area contributed by atoms with E-state index in [1.807, 2.05) is 12.1 Å². The van der Waals surface area contributed by atoms with Gasteiger partial charge in [0, 0.05) is 33.9 Å². The SMILES string of the molecule is CCn1c2ccccc2c2cc([C@H]3N=C(N)Nc4[nH]c5ccccc5[n+]43)ccc21. The Morgan fingerprint density at radius 3 is 2.69 bits per heavy atom. The van der Waals surface area contributed by atoms with E-state index in [4.69, 9.17) is 10.7 Å². The monoisotopic (exact) mass is 381 g/mol. The molecule has 6 rings (SSSR count). The maximum absolute atomic E-state index is 6.13. The minimum absolute atomic E-state index is 0.226. The van der Waals surface area contributed by atoms with Gasteiger partial charge in [0.25, 0.3) is 5.96 Å². The number of aromatic nitrogens is 3. The van der Waals surface area contributed by atoms with Crippen LogP contribution in [-0.4, -0.2) is 15.5 Å². The number of nitrogens with one attached hydrogen (secondary N) is 2. The van der Waals surface area contributed by atoms with Gasteiger partial charge < -0.3 is 10.3 Å². The number of hydrogen-bond acceptors (Lipinski definition) is 3. The van der Waals surface area contributed by atoms with Crippen molar-refractivity contribution in [2.75, 3.05) is 5.32 Å². The molecule has 4 N–H and O–H groups in total. The number of nitrogens with zero attached hydrogens (tertiary/aromatic N) is 3. The summed E-state index contributed by atoms with van der Waals surface area (Å²) in [5.74, 6) is 1.26. The molecule has 0 unspecified atom stereocenters. The maximum Gasteiger partial charge on any atom is 0.365 e. The van der Waals surface area contributed by atoms with Crippen molar-refractivity contribution >= 4 is 44.7 Å². The molecule has 29 heavy (non-hydrogen) atoms. The molecule has 5 aromatic rings. The second-order valence-electron chi connectivity index (χ2n) is 7.41. The standard InChI is InChI=1S/C23H20N6/c1-2-28-18-9-5-3-7-15(18)16-13-14(11-12-19(16)28)21-26-22(24)27-23-25-17-8-4-6-10-20(17)29(21)23/h3-13,21H,2H2,1H3,(H3,24,25,26,27)/p+1/t21-/m0/s1. The van der Waals surface area contributed by atoms with Crippen molar-refractivity contribution in [2.24, 2.45) is 10.7 Å². The van der Waals surface area contributed by atoms with Crippen molar-refractivity contribution in [3.63, 3.8) is 0 Å². The van der Waals surface area contributed by atoms with E-state index < -0.39 is 0 Å². The third kappa shape index (κ3) is 2.23. The second kappa shape index (κ2) is 5.85. The Hall–Kier alpha value is -3.80. The lowest BCUT2D eigenvalue weighted by Gasteiger charge is -2.18. The van der Waals surface area contributed by atoms with E-state index in [9.17, 15) is 0 Å². The highest BCUT2D eigenvalue weighted by atomic mass is 15.4. The number of nitrogens with two attached hydrogens (primary N) is 1. The van der Waals surface area contributed by atoms with Gasteiger partial charge >= 0.3 is 5.95 Å². The van der Waals surface area contributed by atoms with Gasteiger partial charge in [0.2, 0.25) is 6.17 Å². The number of rotatable bonds is 2. The third-order valence-corrected chi connectivity index (χ3v) is 5.82. The number of anilines is 1. The molecule has 1 aliphatic rings. The van der Waals surface area contributed by atoms with Gasteiger partial charge in [0.05, 0.1) is 0 Å². The number of imidazole rings is 1. The van der Waals surface area contributed by atoms with Crippen LogP contribution in [0.2, 0.25) is 0 Å². The van der Waals surface area contributed by atoms with E-state index >= 15 is 0 Å². The Balaban J connectivity index is 1.62. The van der Waals surface area contributed by atoms with Crippen LogP contribution >= 0.6 is 0 Å². The second-order valence-corrected chi connectivity index (χ2v) is 7.41. The van der Waals surface area contributed by atoms with Crippen LogP contribution in [0, 0.1) is 0 Å². The number of aliphatic imine (C=N–C) groups is 1.